The van der Waals surface area contributed by atoms with Gasteiger partial charge in [-0.1, -0.05) is 66.7 Å². The van der Waals surface area contributed by atoms with Gasteiger partial charge >= 0.3 is 5.97 Å². The zero-order chi connectivity index (χ0) is 18.4. The average molecular weight is 349 g/mol. The first kappa shape index (κ1) is 17.8. The smallest absolute Gasteiger partial charge is 0.321 e. The highest BCUT2D eigenvalue weighted by Crippen LogP contribution is 2.25. The molecular formula is C22H20FNO2. The molecule has 0 radical (unpaired) electrons. The molecule has 4 heteroatoms. The Morgan fingerprint density at radius 3 is 2.27 bits per heavy atom. The number of carboxylic acids is 1. The molecule has 0 aliphatic rings. The van der Waals surface area contributed by atoms with E-state index in [-0.39, 0.29) is 12.2 Å². The number of halogens is 1. The minimum absolute atomic E-state index is 0.199. The third kappa shape index (κ3) is 4.55. The number of benzene rings is 3. The summed E-state index contributed by atoms with van der Waals surface area (Å²) in [5.41, 5.74) is 3.46. The highest BCUT2D eigenvalue weighted by molar-refractivity contribution is 5.75. The lowest BCUT2D eigenvalue weighted by molar-refractivity contribution is -0.139. The first-order chi connectivity index (χ1) is 12.6. The van der Waals surface area contributed by atoms with Crippen LogP contribution in [0.15, 0.2) is 78.9 Å². The molecule has 3 rings (SSSR count). The molecule has 0 heterocycles. The predicted molar refractivity (Wildman–Crippen MR) is 100 cm³/mol. The van der Waals surface area contributed by atoms with Gasteiger partial charge in [0.05, 0.1) is 0 Å². The minimum atomic E-state index is -0.954. The molecule has 3 aromatic rings. The fourth-order valence-corrected chi connectivity index (χ4v) is 2.93. The van der Waals surface area contributed by atoms with Crippen LogP contribution < -0.4 is 5.32 Å². The molecule has 0 aliphatic carbocycles. The van der Waals surface area contributed by atoms with Crippen molar-refractivity contribution in [3.8, 4) is 11.1 Å². The van der Waals surface area contributed by atoms with Gasteiger partial charge in [0, 0.05) is 6.54 Å². The molecule has 0 amide bonds. The molecule has 0 bridgehead atoms. The lowest BCUT2D eigenvalue weighted by Gasteiger charge is -2.17. The van der Waals surface area contributed by atoms with Crippen LogP contribution in [0.25, 0.3) is 11.1 Å². The van der Waals surface area contributed by atoms with Crippen molar-refractivity contribution >= 4 is 5.97 Å². The number of hydrogen-bond acceptors (Lipinski definition) is 2. The molecule has 0 aromatic heterocycles. The predicted octanol–water partition coefficient (Wildman–Crippen LogP) is 4.28. The summed E-state index contributed by atoms with van der Waals surface area (Å²) in [5.74, 6) is -1.32. The largest absolute Gasteiger partial charge is 0.480 e. The SMILES string of the molecule is O=C(O)[C@H](Cc1cc(F)ccc1-c1ccccc1)NCc1ccccc1. The van der Waals surface area contributed by atoms with E-state index < -0.39 is 12.0 Å². The Hall–Kier alpha value is -2.98. The molecule has 0 saturated carbocycles. The lowest BCUT2D eigenvalue weighted by Crippen LogP contribution is -2.38. The van der Waals surface area contributed by atoms with E-state index in [4.69, 9.17) is 0 Å². The van der Waals surface area contributed by atoms with Crippen molar-refractivity contribution < 1.29 is 14.3 Å². The van der Waals surface area contributed by atoms with Gasteiger partial charge in [-0.15, -0.1) is 0 Å². The van der Waals surface area contributed by atoms with Crippen molar-refractivity contribution in [3.05, 3.63) is 95.8 Å². The van der Waals surface area contributed by atoms with E-state index in [1.54, 1.807) is 6.07 Å². The topological polar surface area (TPSA) is 49.3 Å². The lowest BCUT2D eigenvalue weighted by atomic mass is 9.95. The van der Waals surface area contributed by atoms with Crippen LogP contribution in [-0.2, 0) is 17.8 Å². The molecule has 2 N–H and O–H groups in total. The number of hydrogen-bond donors (Lipinski definition) is 2. The number of carbonyl (C=O) groups is 1. The van der Waals surface area contributed by atoms with E-state index in [2.05, 4.69) is 5.32 Å². The van der Waals surface area contributed by atoms with Crippen LogP contribution in [0.1, 0.15) is 11.1 Å². The second-order valence-electron chi connectivity index (χ2n) is 6.13. The van der Waals surface area contributed by atoms with Gasteiger partial charge < -0.3 is 10.4 Å². The van der Waals surface area contributed by atoms with Crippen LogP contribution in [0.2, 0.25) is 0 Å². The van der Waals surface area contributed by atoms with Crippen LogP contribution >= 0.6 is 0 Å². The summed E-state index contributed by atoms with van der Waals surface area (Å²) in [6, 6.07) is 22.9. The van der Waals surface area contributed by atoms with Gasteiger partial charge in [-0.05, 0) is 40.8 Å². The molecule has 26 heavy (non-hydrogen) atoms. The molecule has 3 aromatic carbocycles. The average Bonchev–Trinajstić information content (AvgIpc) is 2.66. The summed E-state index contributed by atoms with van der Waals surface area (Å²) in [6.45, 7) is 0.438. The third-order valence-electron chi connectivity index (χ3n) is 4.27. The molecule has 0 unspecified atom stereocenters. The molecule has 1 atom stereocenters. The van der Waals surface area contributed by atoms with Crippen molar-refractivity contribution in [2.45, 2.75) is 19.0 Å². The monoisotopic (exact) mass is 349 g/mol. The fraction of sp³-hybridized carbons (Fsp3) is 0.136. The number of rotatable bonds is 7. The van der Waals surface area contributed by atoms with Gasteiger partial charge in [0.15, 0.2) is 0 Å². The summed E-state index contributed by atoms with van der Waals surface area (Å²) < 4.78 is 13.8. The highest BCUT2D eigenvalue weighted by atomic mass is 19.1. The van der Waals surface area contributed by atoms with Gasteiger partial charge in [0.2, 0.25) is 0 Å². The van der Waals surface area contributed by atoms with Crippen molar-refractivity contribution in [2.75, 3.05) is 0 Å². The van der Waals surface area contributed by atoms with E-state index >= 15 is 0 Å². The second-order valence-corrected chi connectivity index (χ2v) is 6.13. The Labute approximate surface area is 152 Å². The van der Waals surface area contributed by atoms with Gasteiger partial charge in [-0.3, -0.25) is 4.79 Å². The Balaban J connectivity index is 1.82. The molecule has 0 aliphatic heterocycles. The first-order valence-corrected chi connectivity index (χ1v) is 8.47. The van der Waals surface area contributed by atoms with Crippen LogP contribution in [0, 0.1) is 5.82 Å². The summed E-state index contributed by atoms with van der Waals surface area (Å²) in [5, 5.41) is 12.6. The van der Waals surface area contributed by atoms with Crippen molar-refractivity contribution in [2.24, 2.45) is 0 Å². The zero-order valence-electron chi connectivity index (χ0n) is 14.2. The Morgan fingerprint density at radius 1 is 0.962 bits per heavy atom. The Kier molecular flexibility index (Phi) is 5.77. The van der Waals surface area contributed by atoms with Crippen LogP contribution in [0.4, 0.5) is 4.39 Å². The normalized spacial score (nSPS) is 11.9. The van der Waals surface area contributed by atoms with E-state index in [1.165, 1.54) is 12.1 Å². The van der Waals surface area contributed by atoms with E-state index in [1.807, 2.05) is 60.7 Å². The quantitative estimate of drug-likeness (QED) is 0.669. The Morgan fingerprint density at radius 2 is 1.62 bits per heavy atom. The third-order valence-corrected chi connectivity index (χ3v) is 4.27. The van der Waals surface area contributed by atoms with Crippen LogP contribution in [0.5, 0.6) is 0 Å². The molecule has 0 fully saturated rings. The van der Waals surface area contributed by atoms with Crippen molar-refractivity contribution in [1.29, 1.82) is 0 Å². The zero-order valence-corrected chi connectivity index (χ0v) is 14.2. The number of nitrogens with one attached hydrogen (secondary N) is 1. The highest BCUT2D eigenvalue weighted by Gasteiger charge is 2.20. The summed E-state index contributed by atoms with van der Waals surface area (Å²) in [7, 11) is 0. The number of aliphatic carboxylic acids is 1. The van der Waals surface area contributed by atoms with E-state index in [0.29, 0.717) is 12.1 Å². The van der Waals surface area contributed by atoms with Gasteiger partial charge in [0.25, 0.3) is 0 Å². The van der Waals surface area contributed by atoms with Gasteiger partial charge in [0.1, 0.15) is 11.9 Å². The summed E-state index contributed by atoms with van der Waals surface area (Å²) >= 11 is 0. The molecule has 132 valence electrons. The second kappa shape index (κ2) is 8.41. The summed E-state index contributed by atoms with van der Waals surface area (Å²) in [4.78, 5) is 11.7. The van der Waals surface area contributed by atoms with Crippen LogP contribution in [-0.4, -0.2) is 17.1 Å². The standard InChI is InChI=1S/C22H20FNO2/c23-19-11-12-20(17-9-5-2-6-10-17)18(13-19)14-21(22(25)26)24-15-16-7-3-1-4-8-16/h1-13,21,24H,14-15H2,(H,25,26)/t21-/m0/s1. The fourth-order valence-electron chi connectivity index (χ4n) is 2.93. The maximum Gasteiger partial charge on any atom is 0.321 e. The number of carboxylic acid groups (broad SMARTS) is 1. The summed E-state index contributed by atoms with van der Waals surface area (Å²) in [6.07, 6.45) is 0.199. The van der Waals surface area contributed by atoms with E-state index in [0.717, 1.165) is 16.7 Å². The van der Waals surface area contributed by atoms with Crippen molar-refractivity contribution in [3.63, 3.8) is 0 Å². The van der Waals surface area contributed by atoms with Crippen LogP contribution in [0.3, 0.4) is 0 Å². The molecule has 3 nitrogen and oxygen atoms in total. The molecular weight excluding hydrogens is 329 g/mol. The maximum absolute atomic E-state index is 13.8. The minimum Gasteiger partial charge on any atom is -0.480 e. The van der Waals surface area contributed by atoms with Gasteiger partial charge in [-0.2, -0.15) is 0 Å². The molecule has 0 spiro atoms. The van der Waals surface area contributed by atoms with E-state index in [9.17, 15) is 14.3 Å². The maximum atomic E-state index is 13.8. The van der Waals surface area contributed by atoms with Gasteiger partial charge in [-0.25, -0.2) is 4.39 Å². The first-order valence-electron chi connectivity index (χ1n) is 8.47. The Bertz CT molecular complexity index is 866. The van der Waals surface area contributed by atoms with Crippen molar-refractivity contribution in [1.82, 2.24) is 5.32 Å². The molecule has 0 saturated heterocycles.